The van der Waals surface area contributed by atoms with Gasteiger partial charge in [0.1, 0.15) is 5.82 Å². The van der Waals surface area contributed by atoms with Crippen LogP contribution in [0.1, 0.15) is 25.3 Å². The van der Waals surface area contributed by atoms with E-state index in [1.807, 2.05) is 0 Å². The van der Waals surface area contributed by atoms with Crippen molar-refractivity contribution >= 4 is 11.8 Å². The Balaban J connectivity index is 2.53. The molecule has 0 unspecified atom stereocenters. The highest BCUT2D eigenvalue weighted by Crippen LogP contribution is 2.23. The number of thioether (sulfide) groups is 1. The van der Waals surface area contributed by atoms with E-state index in [9.17, 15) is 13.2 Å². The van der Waals surface area contributed by atoms with Crippen molar-refractivity contribution in [2.45, 2.75) is 26.2 Å². The summed E-state index contributed by atoms with van der Waals surface area (Å²) in [5.74, 6) is 0.138. The van der Waals surface area contributed by atoms with Crippen molar-refractivity contribution in [2.24, 2.45) is 0 Å². The third kappa shape index (κ3) is 4.80. The summed E-state index contributed by atoms with van der Waals surface area (Å²) in [6.07, 6.45) is 2.73. The van der Waals surface area contributed by atoms with Crippen LogP contribution >= 0.6 is 11.8 Å². The Kier molecular flexibility index (Phi) is 7.01. The van der Waals surface area contributed by atoms with Gasteiger partial charge in [-0.2, -0.15) is 11.8 Å². The molecule has 0 atom stereocenters. The second-order valence-electron chi connectivity index (χ2n) is 3.84. The number of hydrogen-bond donors (Lipinski definition) is 0. The molecule has 102 valence electrons. The van der Waals surface area contributed by atoms with Crippen LogP contribution in [0, 0.1) is 11.6 Å². The first kappa shape index (κ1) is 15.2. The van der Waals surface area contributed by atoms with E-state index in [1.54, 1.807) is 11.8 Å². The number of benzene rings is 1. The zero-order valence-corrected chi connectivity index (χ0v) is 11.2. The normalized spacial score (nSPS) is 10.7. The molecule has 0 amide bonds. The molecule has 0 saturated heterocycles. The molecule has 1 rings (SSSR count). The first-order valence-electron chi connectivity index (χ1n) is 5.93. The Morgan fingerprint density at radius 3 is 2.61 bits per heavy atom. The maximum Gasteiger partial charge on any atom is 0.228 e. The smallest absolute Gasteiger partial charge is 0.228 e. The SMILES string of the molecule is CCCCSCCc1cc(F)c(OCF)cc1F. The summed E-state index contributed by atoms with van der Waals surface area (Å²) < 4.78 is 43.2. The quantitative estimate of drug-likeness (QED) is 0.654. The van der Waals surface area contributed by atoms with E-state index in [2.05, 4.69) is 11.7 Å². The van der Waals surface area contributed by atoms with Crippen LogP contribution in [-0.4, -0.2) is 18.4 Å². The van der Waals surface area contributed by atoms with E-state index in [0.717, 1.165) is 36.5 Å². The van der Waals surface area contributed by atoms with Crippen molar-refractivity contribution in [1.29, 1.82) is 0 Å². The molecule has 0 fully saturated rings. The van der Waals surface area contributed by atoms with Crippen LogP contribution in [0.15, 0.2) is 12.1 Å². The van der Waals surface area contributed by atoms with Crippen LogP contribution in [0.5, 0.6) is 5.75 Å². The maximum absolute atomic E-state index is 13.6. The summed E-state index contributed by atoms with van der Waals surface area (Å²) in [7, 11) is 0. The molecule has 0 bridgehead atoms. The van der Waals surface area contributed by atoms with E-state index in [4.69, 9.17) is 0 Å². The molecule has 5 heteroatoms. The van der Waals surface area contributed by atoms with Gasteiger partial charge in [-0.05, 0) is 36.0 Å². The van der Waals surface area contributed by atoms with Crippen LogP contribution in [0.2, 0.25) is 0 Å². The summed E-state index contributed by atoms with van der Waals surface area (Å²) >= 11 is 1.72. The summed E-state index contributed by atoms with van der Waals surface area (Å²) in [6, 6.07) is 1.99. The van der Waals surface area contributed by atoms with Gasteiger partial charge in [0.2, 0.25) is 6.86 Å². The molecule has 0 N–H and O–H groups in total. The molecule has 0 saturated carbocycles. The molecule has 18 heavy (non-hydrogen) atoms. The van der Waals surface area contributed by atoms with Gasteiger partial charge in [0.25, 0.3) is 0 Å². The topological polar surface area (TPSA) is 9.23 Å². The van der Waals surface area contributed by atoms with Crippen LogP contribution in [0.3, 0.4) is 0 Å². The van der Waals surface area contributed by atoms with E-state index in [0.29, 0.717) is 12.0 Å². The summed E-state index contributed by atoms with van der Waals surface area (Å²) in [5.41, 5.74) is 0.308. The van der Waals surface area contributed by atoms with Gasteiger partial charge in [-0.1, -0.05) is 13.3 Å². The van der Waals surface area contributed by atoms with Gasteiger partial charge in [-0.25, -0.2) is 13.2 Å². The molecule has 1 aromatic rings. The monoisotopic (exact) mass is 278 g/mol. The predicted octanol–water partition coefficient (Wildman–Crippen LogP) is 4.35. The number of hydrogen-bond acceptors (Lipinski definition) is 2. The standard InChI is InChI=1S/C13H17F3OS/c1-2-3-5-18-6-4-10-7-12(16)13(17-9-14)8-11(10)15/h7-8H,2-6,9H2,1H3. The number of unbranched alkanes of at least 4 members (excludes halogenated alkanes) is 1. The van der Waals surface area contributed by atoms with Gasteiger partial charge >= 0.3 is 0 Å². The Bertz CT molecular complexity index is 371. The fourth-order valence-electron chi connectivity index (χ4n) is 1.46. The maximum atomic E-state index is 13.6. The highest BCUT2D eigenvalue weighted by atomic mass is 32.2. The van der Waals surface area contributed by atoms with E-state index in [-0.39, 0.29) is 5.75 Å². The predicted molar refractivity (Wildman–Crippen MR) is 68.9 cm³/mol. The zero-order chi connectivity index (χ0) is 13.4. The highest BCUT2D eigenvalue weighted by molar-refractivity contribution is 7.99. The van der Waals surface area contributed by atoms with E-state index < -0.39 is 18.5 Å². The van der Waals surface area contributed by atoms with Gasteiger partial charge in [-0.15, -0.1) is 0 Å². The third-order valence-electron chi connectivity index (χ3n) is 2.47. The minimum absolute atomic E-state index is 0.308. The van der Waals surface area contributed by atoms with Crippen LogP contribution < -0.4 is 4.74 Å². The van der Waals surface area contributed by atoms with Crippen molar-refractivity contribution < 1.29 is 17.9 Å². The Morgan fingerprint density at radius 2 is 1.94 bits per heavy atom. The van der Waals surface area contributed by atoms with Crippen molar-refractivity contribution in [1.82, 2.24) is 0 Å². The van der Waals surface area contributed by atoms with Gasteiger partial charge in [0.05, 0.1) is 0 Å². The molecule has 0 aromatic heterocycles. The van der Waals surface area contributed by atoms with Crippen molar-refractivity contribution in [3.8, 4) is 5.75 Å². The second-order valence-corrected chi connectivity index (χ2v) is 5.07. The number of ether oxygens (including phenoxy) is 1. The van der Waals surface area contributed by atoms with Crippen molar-refractivity contribution in [3.05, 3.63) is 29.3 Å². The highest BCUT2D eigenvalue weighted by Gasteiger charge is 2.10. The molecular weight excluding hydrogens is 261 g/mol. The summed E-state index contributed by atoms with van der Waals surface area (Å²) in [6.45, 7) is 0.946. The van der Waals surface area contributed by atoms with Crippen LogP contribution in [0.25, 0.3) is 0 Å². The summed E-state index contributed by atoms with van der Waals surface area (Å²) in [5, 5.41) is 0. The van der Waals surface area contributed by atoms with Gasteiger partial charge in [0, 0.05) is 6.07 Å². The van der Waals surface area contributed by atoms with Crippen molar-refractivity contribution in [3.63, 3.8) is 0 Å². The molecule has 0 aliphatic rings. The first-order chi connectivity index (χ1) is 8.69. The zero-order valence-electron chi connectivity index (χ0n) is 10.3. The lowest BCUT2D eigenvalue weighted by Crippen LogP contribution is -2.00. The molecule has 0 aliphatic heterocycles. The molecule has 1 nitrogen and oxygen atoms in total. The van der Waals surface area contributed by atoms with Crippen molar-refractivity contribution in [2.75, 3.05) is 18.4 Å². The third-order valence-corrected chi connectivity index (χ3v) is 3.54. The molecule has 0 spiro atoms. The fourth-order valence-corrected chi connectivity index (χ4v) is 2.52. The Hall–Kier alpha value is -0.840. The van der Waals surface area contributed by atoms with Gasteiger partial charge in [-0.3, -0.25) is 0 Å². The molecule has 0 aliphatic carbocycles. The second kappa shape index (κ2) is 8.29. The van der Waals surface area contributed by atoms with Crippen LogP contribution in [-0.2, 0) is 6.42 Å². The Labute approximate surface area is 110 Å². The fraction of sp³-hybridized carbons (Fsp3) is 0.538. The van der Waals surface area contributed by atoms with Gasteiger partial charge < -0.3 is 4.74 Å². The molecule has 0 radical (unpaired) electrons. The number of aryl methyl sites for hydroxylation is 1. The van der Waals surface area contributed by atoms with E-state index >= 15 is 0 Å². The van der Waals surface area contributed by atoms with Crippen LogP contribution in [0.4, 0.5) is 13.2 Å². The average Bonchev–Trinajstić information content (AvgIpc) is 2.35. The Morgan fingerprint density at radius 1 is 1.17 bits per heavy atom. The molecule has 1 aromatic carbocycles. The minimum atomic E-state index is -1.16. The van der Waals surface area contributed by atoms with E-state index in [1.165, 1.54) is 0 Å². The number of rotatable bonds is 8. The lowest BCUT2D eigenvalue weighted by molar-refractivity contribution is 0.183. The largest absolute Gasteiger partial charge is 0.460 e. The minimum Gasteiger partial charge on any atom is -0.460 e. The number of halogens is 3. The molecular formula is C13H17F3OS. The summed E-state index contributed by atoms with van der Waals surface area (Å²) in [4.78, 5) is 0. The lowest BCUT2D eigenvalue weighted by atomic mass is 10.1. The lowest BCUT2D eigenvalue weighted by Gasteiger charge is -2.07. The molecule has 0 heterocycles. The number of alkyl halides is 1. The average molecular weight is 278 g/mol. The van der Waals surface area contributed by atoms with Gasteiger partial charge in [0.15, 0.2) is 11.6 Å². The first-order valence-corrected chi connectivity index (χ1v) is 7.09.